The molecule has 0 aliphatic heterocycles. The molecule has 2 nitrogen and oxygen atoms in total. The molecular weight excluding hydrogens is 220 g/mol. The van der Waals surface area contributed by atoms with Gasteiger partial charge in [0.1, 0.15) is 0 Å². The highest BCUT2D eigenvalue weighted by atomic mass is 14.9. The van der Waals surface area contributed by atoms with Gasteiger partial charge < -0.3 is 11.1 Å². The van der Waals surface area contributed by atoms with Crippen LogP contribution in [0.5, 0.6) is 0 Å². The molecule has 1 fully saturated rings. The summed E-state index contributed by atoms with van der Waals surface area (Å²) in [5, 5.41) is 3.66. The minimum atomic E-state index is 0.407. The lowest BCUT2D eigenvalue weighted by Crippen LogP contribution is -2.43. The first-order valence-electron chi connectivity index (χ1n) is 7.99. The van der Waals surface area contributed by atoms with E-state index in [9.17, 15) is 0 Å². The van der Waals surface area contributed by atoms with E-state index in [1.165, 1.54) is 51.5 Å². The lowest BCUT2D eigenvalue weighted by molar-refractivity contribution is 0.159. The number of rotatable bonds is 8. The summed E-state index contributed by atoms with van der Waals surface area (Å²) in [7, 11) is 0. The van der Waals surface area contributed by atoms with Crippen LogP contribution in [-0.2, 0) is 0 Å². The predicted molar refractivity (Wildman–Crippen MR) is 80.7 cm³/mol. The van der Waals surface area contributed by atoms with Crippen molar-refractivity contribution in [1.29, 1.82) is 0 Å². The largest absolute Gasteiger partial charge is 0.330 e. The van der Waals surface area contributed by atoms with E-state index < -0.39 is 0 Å². The summed E-state index contributed by atoms with van der Waals surface area (Å²) in [6, 6.07) is 0. The molecule has 0 heterocycles. The summed E-state index contributed by atoms with van der Waals surface area (Å²) in [5.74, 6) is 1.76. The molecule has 0 spiro atoms. The van der Waals surface area contributed by atoms with Crippen molar-refractivity contribution in [3.05, 3.63) is 0 Å². The van der Waals surface area contributed by atoms with Crippen LogP contribution in [0.25, 0.3) is 0 Å². The summed E-state index contributed by atoms with van der Waals surface area (Å²) < 4.78 is 0. The third-order valence-corrected chi connectivity index (χ3v) is 4.65. The first kappa shape index (κ1) is 16.0. The van der Waals surface area contributed by atoms with Gasteiger partial charge in [0.05, 0.1) is 0 Å². The zero-order valence-corrected chi connectivity index (χ0v) is 12.8. The maximum atomic E-state index is 6.02. The predicted octanol–water partition coefficient (Wildman–Crippen LogP) is 3.56. The Bertz CT molecular complexity index is 205. The first-order valence-corrected chi connectivity index (χ1v) is 7.99. The summed E-state index contributed by atoms with van der Waals surface area (Å²) in [6.07, 6.45) is 9.42. The molecule has 0 aromatic heterocycles. The Morgan fingerprint density at radius 1 is 1.22 bits per heavy atom. The van der Waals surface area contributed by atoms with Crippen LogP contribution in [-0.4, -0.2) is 19.6 Å². The van der Waals surface area contributed by atoms with Gasteiger partial charge in [-0.1, -0.05) is 46.5 Å². The van der Waals surface area contributed by atoms with Gasteiger partial charge in [0, 0.05) is 6.54 Å². The molecule has 3 N–H and O–H groups in total. The highest BCUT2D eigenvalue weighted by molar-refractivity contribution is 4.87. The van der Waals surface area contributed by atoms with E-state index in [4.69, 9.17) is 5.73 Å². The Kier molecular flexibility index (Phi) is 7.25. The van der Waals surface area contributed by atoms with Gasteiger partial charge >= 0.3 is 0 Å². The Balaban J connectivity index is 2.12. The highest BCUT2D eigenvalue weighted by Gasteiger charge is 2.32. The fourth-order valence-electron chi connectivity index (χ4n) is 2.98. The molecule has 0 aromatic carbocycles. The quantitative estimate of drug-likeness (QED) is 0.650. The van der Waals surface area contributed by atoms with Crippen LogP contribution >= 0.6 is 0 Å². The standard InChI is InChI=1S/C16H34N2/c1-14(2)6-4-5-11-18-13-16(12-17)9-7-15(3)8-10-16/h14-15,18H,4-13,17H2,1-3H3. The molecule has 1 aliphatic rings. The zero-order valence-electron chi connectivity index (χ0n) is 12.8. The third kappa shape index (κ3) is 5.71. The smallest absolute Gasteiger partial charge is 0.00199 e. The van der Waals surface area contributed by atoms with Crippen molar-refractivity contribution in [3.8, 4) is 0 Å². The van der Waals surface area contributed by atoms with Crippen LogP contribution < -0.4 is 11.1 Å². The number of nitrogens with one attached hydrogen (secondary N) is 1. The molecule has 108 valence electrons. The molecule has 0 saturated heterocycles. The lowest BCUT2D eigenvalue weighted by Gasteiger charge is -2.38. The molecule has 0 aromatic rings. The van der Waals surface area contributed by atoms with E-state index in [1.807, 2.05) is 0 Å². The summed E-state index contributed by atoms with van der Waals surface area (Å²) >= 11 is 0. The Hall–Kier alpha value is -0.0800. The monoisotopic (exact) mass is 254 g/mol. The molecule has 18 heavy (non-hydrogen) atoms. The topological polar surface area (TPSA) is 38.0 Å². The summed E-state index contributed by atoms with van der Waals surface area (Å²) in [5.41, 5.74) is 6.43. The van der Waals surface area contributed by atoms with Gasteiger partial charge in [-0.2, -0.15) is 0 Å². The van der Waals surface area contributed by atoms with Crippen molar-refractivity contribution in [2.45, 2.75) is 65.7 Å². The van der Waals surface area contributed by atoms with Crippen LogP contribution in [0.2, 0.25) is 0 Å². The molecule has 1 aliphatic carbocycles. The zero-order chi connectivity index (χ0) is 13.4. The van der Waals surface area contributed by atoms with Gasteiger partial charge in [-0.25, -0.2) is 0 Å². The molecule has 0 radical (unpaired) electrons. The Morgan fingerprint density at radius 2 is 1.89 bits per heavy atom. The fourth-order valence-corrected chi connectivity index (χ4v) is 2.98. The highest BCUT2D eigenvalue weighted by Crippen LogP contribution is 2.37. The molecule has 0 bridgehead atoms. The second kappa shape index (κ2) is 8.16. The van der Waals surface area contributed by atoms with E-state index in [1.54, 1.807) is 0 Å². The van der Waals surface area contributed by atoms with Gasteiger partial charge in [0.15, 0.2) is 0 Å². The van der Waals surface area contributed by atoms with E-state index in [0.717, 1.165) is 24.9 Å². The van der Waals surface area contributed by atoms with Crippen LogP contribution in [0.3, 0.4) is 0 Å². The van der Waals surface area contributed by atoms with E-state index in [0.29, 0.717) is 5.41 Å². The second-order valence-corrected chi connectivity index (χ2v) is 6.95. The van der Waals surface area contributed by atoms with Crippen molar-refractivity contribution >= 4 is 0 Å². The van der Waals surface area contributed by atoms with Crippen molar-refractivity contribution in [2.24, 2.45) is 23.0 Å². The van der Waals surface area contributed by atoms with Crippen LogP contribution in [0.1, 0.15) is 65.7 Å². The van der Waals surface area contributed by atoms with Gasteiger partial charge in [-0.05, 0) is 49.6 Å². The maximum Gasteiger partial charge on any atom is 0.00199 e. The lowest BCUT2D eigenvalue weighted by atomic mass is 9.71. The minimum Gasteiger partial charge on any atom is -0.330 e. The molecule has 1 saturated carbocycles. The molecule has 0 amide bonds. The minimum absolute atomic E-state index is 0.407. The Labute approximate surface area is 114 Å². The summed E-state index contributed by atoms with van der Waals surface area (Å²) in [4.78, 5) is 0. The van der Waals surface area contributed by atoms with Crippen LogP contribution in [0.15, 0.2) is 0 Å². The number of unbranched alkanes of at least 4 members (excludes halogenated alkanes) is 1. The number of hydrogen-bond acceptors (Lipinski definition) is 2. The molecule has 0 unspecified atom stereocenters. The average molecular weight is 254 g/mol. The van der Waals surface area contributed by atoms with E-state index in [-0.39, 0.29) is 0 Å². The molecular formula is C16H34N2. The summed E-state index contributed by atoms with van der Waals surface area (Å²) in [6.45, 7) is 10.2. The SMILES string of the molecule is CC(C)CCCCNCC1(CN)CCC(C)CC1. The Morgan fingerprint density at radius 3 is 2.44 bits per heavy atom. The van der Waals surface area contributed by atoms with Gasteiger partial charge in [-0.15, -0.1) is 0 Å². The van der Waals surface area contributed by atoms with E-state index in [2.05, 4.69) is 26.1 Å². The fraction of sp³-hybridized carbons (Fsp3) is 1.00. The van der Waals surface area contributed by atoms with Crippen LogP contribution in [0, 0.1) is 17.3 Å². The van der Waals surface area contributed by atoms with Crippen molar-refractivity contribution < 1.29 is 0 Å². The van der Waals surface area contributed by atoms with Gasteiger partial charge in [0.25, 0.3) is 0 Å². The van der Waals surface area contributed by atoms with Crippen LogP contribution in [0.4, 0.5) is 0 Å². The van der Waals surface area contributed by atoms with Gasteiger partial charge in [-0.3, -0.25) is 0 Å². The molecule has 2 heteroatoms. The third-order valence-electron chi connectivity index (χ3n) is 4.65. The molecule has 1 rings (SSSR count). The maximum absolute atomic E-state index is 6.02. The normalized spacial score (nSPS) is 28.8. The van der Waals surface area contributed by atoms with Crippen molar-refractivity contribution in [2.75, 3.05) is 19.6 Å². The number of hydrogen-bond donors (Lipinski definition) is 2. The second-order valence-electron chi connectivity index (χ2n) is 6.95. The van der Waals surface area contributed by atoms with Crippen molar-refractivity contribution in [1.82, 2.24) is 5.32 Å². The first-order chi connectivity index (χ1) is 8.58. The van der Waals surface area contributed by atoms with E-state index >= 15 is 0 Å². The number of nitrogens with two attached hydrogens (primary N) is 1. The average Bonchev–Trinajstić information content (AvgIpc) is 2.36. The van der Waals surface area contributed by atoms with Gasteiger partial charge in [0.2, 0.25) is 0 Å². The van der Waals surface area contributed by atoms with Crippen molar-refractivity contribution in [3.63, 3.8) is 0 Å². The molecule has 0 atom stereocenters.